The summed E-state index contributed by atoms with van der Waals surface area (Å²) in [6, 6.07) is -0.140. The highest BCUT2D eigenvalue weighted by Gasteiger charge is 2.30. The third kappa shape index (κ3) is 4.81. The van der Waals surface area contributed by atoms with Crippen LogP contribution in [0.15, 0.2) is 0 Å². The van der Waals surface area contributed by atoms with Crippen molar-refractivity contribution in [3.8, 4) is 0 Å². The molecule has 0 aromatic carbocycles. The van der Waals surface area contributed by atoms with Crippen molar-refractivity contribution in [3.05, 3.63) is 0 Å². The van der Waals surface area contributed by atoms with E-state index in [0.29, 0.717) is 19.7 Å². The lowest BCUT2D eigenvalue weighted by molar-refractivity contribution is -0.142. The van der Waals surface area contributed by atoms with E-state index in [1.165, 1.54) is 0 Å². The zero-order chi connectivity index (χ0) is 11.5. The van der Waals surface area contributed by atoms with Gasteiger partial charge in [-0.3, -0.25) is 4.90 Å². The van der Waals surface area contributed by atoms with E-state index >= 15 is 0 Å². The van der Waals surface area contributed by atoms with Crippen LogP contribution in [-0.4, -0.2) is 49.5 Å². The maximum Gasteiger partial charge on any atom is 0.390 e. The van der Waals surface area contributed by atoms with Crippen LogP contribution in [0.5, 0.6) is 0 Å². The lowest BCUT2D eigenvalue weighted by atomic mass is 10.1. The molecule has 0 aliphatic carbocycles. The summed E-state index contributed by atoms with van der Waals surface area (Å²) in [4.78, 5) is 1.75. The molecule has 2 unspecified atom stereocenters. The number of nitrogens with two attached hydrogens (primary N) is 1. The van der Waals surface area contributed by atoms with Crippen LogP contribution in [0, 0.1) is 0 Å². The van der Waals surface area contributed by atoms with Gasteiger partial charge in [-0.25, -0.2) is 0 Å². The van der Waals surface area contributed by atoms with Crippen LogP contribution in [0.2, 0.25) is 0 Å². The minimum absolute atomic E-state index is 0.0378. The Kier molecular flexibility index (Phi) is 4.36. The van der Waals surface area contributed by atoms with Gasteiger partial charge in [0.15, 0.2) is 0 Å². The average molecular weight is 226 g/mol. The number of alkyl halides is 3. The van der Waals surface area contributed by atoms with Crippen molar-refractivity contribution in [1.82, 2.24) is 4.90 Å². The first kappa shape index (κ1) is 12.7. The van der Waals surface area contributed by atoms with Gasteiger partial charge in [-0.05, 0) is 6.92 Å². The lowest BCUT2D eigenvalue weighted by Crippen LogP contribution is -2.50. The molecule has 0 bridgehead atoms. The van der Waals surface area contributed by atoms with E-state index in [9.17, 15) is 13.2 Å². The Balaban J connectivity index is 2.30. The monoisotopic (exact) mass is 226 g/mol. The molecule has 1 fully saturated rings. The second kappa shape index (κ2) is 5.14. The smallest absolute Gasteiger partial charge is 0.374 e. The molecule has 0 amide bonds. The minimum atomic E-state index is -4.08. The predicted octanol–water partition coefficient (Wildman–Crippen LogP) is 0.987. The van der Waals surface area contributed by atoms with E-state index in [1.807, 2.05) is 0 Å². The molecule has 6 heteroatoms. The fraction of sp³-hybridized carbons (Fsp3) is 1.00. The minimum Gasteiger partial charge on any atom is -0.374 e. The molecule has 1 aliphatic rings. The maximum absolute atomic E-state index is 12.0. The molecule has 0 aromatic rings. The van der Waals surface area contributed by atoms with Gasteiger partial charge >= 0.3 is 6.18 Å². The summed E-state index contributed by atoms with van der Waals surface area (Å²) in [6.45, 7) is 3.35. The molecule has 1 saturated heterocycles. The third-order valence-electron chi connectivity index (χ3n) is 2.48. The number of nitrogens with zero attached hydrogens (tertiary/aromatic N) is 1. The molecular formula is C9H17F3N2O. The molecule has 1 rings (SSSR count). The van der Waals surface area contributed by atoms with Gasteiger partial charge in [0.2, 0.25) is 0 Å². The van der Waals surface area contributed by atoms with Crippen LogP contribution in [0.3, 0.4) is 0 Å². The first-order chi connectivity index (χ1) is 6.88. The van der Waals surface area contributed by atoms with Crippen LogP contribution in [0.25, 0.3) is 0 Å². The average Bonchev–Trinajstić information content (AvgIpc) is 2.14. The van der Waals surface area contributed by atoms with Crippen molar-refractivity contribution < 1.29 is 17.9 Å². The standard InChI is InChI=1S/C9H17F3N2O/c1-7(13)8-6-14(4-5-15-8)3-2-9(10,11)12/h7-8H,2-6,13H2,1H3. The highest BCUT2D eigenvalue weighted by Crippen LogP contribution is 2.20. The van der Waals surface area contributed by atoms with Gasteiger partial charge in [0.25, 0.3) is 0 Å². The number of morpholine rings is 1. The number of ether oxygens (including phenoxy) is 1. The highest BCUT2D eigenvalue weighted by atomic mass is 19.4. The summed E-state index contributed by atoms with van der Waals surface area (Å²) >= 11 is 0. The van der Waals surface area contributed by atoms with E-state index in [-0.39, 0.29) is 18.7 Å². The Hall–Kier alpha value is -0.330. The molecule has 2 N–H and O–H groups in total. The lowest BCUT2D eigenvalue weighted by Gasteiger charge is -2.34. The van der Waals surface area contributed by atoms with Crippen molar-refractivity contribution in [2.45, 2.75) is 31.7 Å². The Morgan fingerprint density at radius 1 is 1.53 bits per heavy atom. The van der Waals surface area contributed by atoms with Crippen molar-refractivity contribution in [2.24, 2.45) is 5.73 Å². The first-order valence-electron chi connectivity index (χ1n) is 5.05. The molecule has 0 aromatic heterocycles. The maximum atomic E-state index is 12.0. The highest BCUT2D eigenvalue weighted by molar-refractivity contribution is 4.78. The largest absolute Gasteiger partial charge is 0.390 e. The Morgan fingerprint density at radius 3 is 2.73 bits per heavy atom. The van der Waals surface area contributed by atoms with E-state index < -0.39 is 12.6 Å². The van der Waals surface area contributed by atoms with Gasteiger partial charge in [-0.15, -0.1) is 0 Å². The number of hydrogen-bond donors (Lipinski definition) is 1. The van der Waals surface area contributed by atoms with Crippen molar-refractivity contribution in [2.75, 3.05) is 26.2 Å². The quantitative estimate of drug-likeness (QED) is 0.779. The van der Waals surface area contributed by atoms with Gasteiger partial charge in [0.1, 0.15) is 0 Å². The zero-order valence-corrected chi connectivity index (χ0v) is 8.76. The van der Waals surface area contributed by atoms with Gasteiger partial charge in [-0.1, -0.05) is 0 Å². The zero-order valence-electron chi connectivity index (χ0n) is 8.76. The Labute approximate surface area is 87.4 Å². The first-order valence-corrected chi connectivity index (χ1v) is 5.05. The van der Waals surface area contributed by atoms with Crippen molar-refractivity contribution in [3.63, 3.8) is 0 Å². The SMILES string of the molecule is CC(N)C1CN(CCC(F)(F)F)CCO1. The summed E-state index contributed by atoms with van der Waals surface area (Å²) < 4.78 is 41.3. The summed E-state index contributed by atoms with van der Waals surface area (Å²) in [5.74, 6) is 0. The molecule has 3 nitrogen and oxygen atoms in total. The normalized spacial score (nSPS) is 26.6. The van der Waals surface area contributed by atoms with Crippen LogP contribution in [-0.2, 0) is 4.74 Å². The summed E-state index contributed by atoms with van der Waals surface area (Å²) in [7, 11) is 0. The predicted molar refractivity (Wildman–Crippen MR) is 50.5 cm³/mol. The Morgan fingerprint density at radius 2 is 2.20 bits per heavy atom. The topological polar surface area (TPSA) is 38.5 Å². The molecule has 1 heterocycles. The van der Waals surface area contributed by atoms with Crippen LogP contribution < -0.4 is 5.73 Å². The van der Waals surface area contributed by atoms with E-state index in [1.54, 1.807) is 11.8 Å². The molecular weight excluding hydrogens is 209 g/mol. The van der Waals surface area contributed by atoms with Crippen LogP contribution in [0.1, 0.15) is 13.3 Å². The number of halogens is 3. The molecule has 15 heavy (non-hydrogen) atoms. The molecule has 2 atom stereocenters. The second-order valence-corrected chi connectivity index (χ2v) is 3.93. The van der Waals surface area contributed by atoms with E-state index in [2.05, 4.69) is 0 Å². The molecule has 0 saturated carbocycles. The molecule has 90 valence electrons. The van der Waals surface area contributed by atoms with Gasteiger partial charge in [0, 0.05) is 25.7 Å². The summed E-state index contributed by atoms with van der Waals surface area (Å²) in [5, 5.41) is 0. The third-order valence-corrected chi connectivity index (χ3v) is 2.48. The second-order valence-electron chi connectivity index (χ2n) is 3.93. The van der Waals surface area contributed by atoms with E-state index in [0.717, 1.165) is 0 Å². The summed E-state index contributed by atoms with van der Waals surface area (Å²) in [6.07, 6.45) is -4.99. The molecule has 1 aliphatic heterocycles. The van der Waals surface area contributed by atoms with Crippen LogP contribution in [0.4, 0.5) is 13.2 Å². The molecule has 0 spiro atoms. The Bertz CT molecular complexity index is 196. The van der Waals surface area contributed by atoms with Gasteiger partial charge in [0.05, 0.1) is 19.1 Å². The van der Waals surface area contributed by atoms with Gasteiger partial charge in [-0.2, -0.15) is 13.2 Å². The fourth-order valence-corrected chi connectivity index (χ4v) is 1.54. The van der Waals surface area contributed by atoms with Crippen LogP contribution >= 0.6 is 0 Å². The van der Waals surface area contributed by atoms with Gasteiger partial charge < -0.3 is 10.5 Å². The number of hydrogen-bond acceptors (Lipinski definition) is 3. The van der Waals surface area contributed by atoms with Crippen molar-refractivity contribution >= 4 is 0 Å². The fourth-order valence-electron chi connectivity index (χ4n) is 1.54. The number of rotatable bonds is 3. The van der Waals surface area contributed by atoms with Crippen molar-refractivity contribution in [1.29, 1.82) is 0 Å². The summed E-state index contributed by atoms with van der Waals surface area (Å²) in [5.41, 5.74) is 5.64. The molecule has 0 radical (unpaired) electrons. The van der Waals surface area contributed by atoms with E-state index in [4.69, 9.17) is 10.5 Å².